The van der Waals surface area contributed by atoms with Crippen LogP contribution in [0.2, 0.25) is 0 Å². The van der Waals surface area contributed by atoms with Crippen LogP contribution in [0.3, 0.4) is 0 Å². The van der Waals surface area contributed by atoms with E-state index in [4.69, 9.17) is 11.6 Å². The Morgan fingerprint density at radius 2 is 2.00 bits per heavy atom. The SMILES string of the molecule is O=C1[C@H]2C[C@@H]3C[C@H](C2)[C@H]1[C@@H](Cl)C3. The lowest BCUT2D eigenvalue weighted by molar-refractivity contribution is -0.123. The number of ketones is 1. The van der Waals surface area contributed by atoms with Crippen molar-refractivity contribution in [3.8, 4) is 0 Å². The average Bonchev–Trinajstić information content (AvgIpc) is 2.18. The third-order valence-corrected chi connectivity index (χ3v) is 4.48. The van der Waals surface area contributed by atoms with Crippen molar-refractivity contribution in [3.05, 3.63) is 0 Å². The molecule has 0 radical (unpaired) electrons. The number of rotatable bonds is 0. The number of alkyl halides is 1. The maximum absolute atomic E-state index is 11.8. The Bertz CT molecular complexity index is 236. The predicted octanol–water partition coefficient (Wildman–Crippen LogP) is 2.23. The number of Topliss-reactive ketones (excluding diaryl/α,β-unsaturated/α-hetero) is 1. The van der Waals surface area contributed by atoms with E-state index in [1.165, 1.54) is 6.42 Å². The fourth-order valence-electron chi connectivity index (χ4n) is 3.65. The Balaban J connectivity index is 2.03. The molecule has 0 spiro atoms. The molecular formula is C10H13ClO. The summed E-state index contributed by atoms with van der Waals surface area (Å²) in [5.74, 6) is 2.59. The molecule has 66 valence electrons. The monoisotopic (exact) mass is 184 g/mol. The molecule has 0 amide bonds. The van der Waals surface area contributed by atoms with E-state index in [1.54, 1.807) is 0 Å². The van der Waals surface area contributed by atoms with E-state index in [0.717, 1.165) is 25.2 Å². The van der Waals surface area contributed by atoms with Crippen molar-refractivity contribution in [1.82, 2.24) is 0 Å². The maximum atomic E-state index is 11.8. The molecule has 3 aliphatic rings. The molecule has 3 bridgehead atoms. The third kappa shape index (κ3) is 0.783. The van der Waals surface area contributed by atoms with Crippen molar-refractivity contribution >= 4 is 17.4 Å². The van der Waals surface area contributed by atoms with Crippen molar-refractivity contribution in [2.45, 2.75) is 31.1 Å². The van der Waals surface area contributed by atoms with E-state index in [-0.39, 0.29) is 11.3 Å². The van der Waals surface area contributed by atoms with Gasteiger partial charge in [-0.1, -0.05) is 0 Å². The first-order chi connectivity index (χ1) is 5.75. The van der Waals surface area contributed by atoms with E-state index < -0.39 is 0 Å². The summed E-state index contributed by atoms with van der Waals surface area (Å²) >= 11 is 6.21. The molecule has 0 N–H and O–H groups in total. The second-order valence-corrected chi connectivity index (χ2v) is 5.27. The summed E-state index contributed by atoms with van der Waals surface area (Å²) in [6.45, 7) is 0. The quantitative estimate of drug-likeness (QED) is 0.528. The zero-order valence-corrected chi connectivity index (χ0v) is 7.76. The summed E-state index contributed by atoms with van der Waals surface area (Å²) < 4.78 is 0. The number of hydrogen-bond acceptors (Lipinski definition) is 1. The van der Waals surface area contributed by atoms with Crippen molar-refractivity contribution in [2.75, 3.05) is 0 Å². The second kappa shape index (κ2) is 2.25. The van der Waals surface area contributed by atoms with Gasteiger partial charge in [-0.05, 0) is 37.5 Å². The Labute approximate surface area is 77.5 Å². The highest BCUT2D eigenvalue weighted by Crippen LogP contribution is 2.54. The Hall–Kier alpha value is -0.0400. The topological polar surface area (TPSA) is 17.1 Å². The molecule has 3 aliphatic carbocycles. The number of halogens is 1. The van der Waals surface area contributed by atoms with Gasteiger partial charge in [0.05, 0.1) is 0 Å². The van der Waals surface area contributed by atoms with Gasteiger partial charge in [0.25, 0.3) is 0 Å². The predicted molar refractivity (Wildman–Crippen MR) is 47.1 cm³/mol. The molecule has 3 rings (SSSR count). The number of carbonyl (C=O) groups is 1. The molecule has 12 heavy (non-hydrogen) atoms. The standard InChI is InChI=1S/C10H13ClO/c11-8-3-5-1-6-4-7(2-5)10(12)9(6)8/h5-9H,1-4H2/t5-,6+,7-,8-,9-/m0/s1. The van der Waals surface area contributed by atoms with Gasteiger partial charge in [-0.25, -0.2) is 0 Å². The lowest BCUT2D eigenvalue weighted by atomic mass is 9.72. The zero-order valence-electron chi connectivity index (χ0n) is 7.00. The lowest BCUT2D eigenvalue weighted by Gasteiger charge is -2.35. The molecule has 2 heteroatoms. The van der Waals surface area contributed by atoms with Gasteiger partial charge in [0, 0.05) is 17.2 Å². The largest absolute Gasteiger partial charge is 0.299 e. The zero-order chi connectivity index (χ0) is 8.29. The number of carbonyl (C=O) groups excluding carboxylic acids is 1. The number of fused-ring (bicyclic) bond motifs is 2. The van der Waals surface area contributed by atoms with Gasteiger partial charge in [0.2, 0.25) is 0 Å². The molecule has 0 saturated heterocycles. The van der Waals surface area contributed by atoms with Crippen LogP contribution in [0.4, 0.5) is 0 Å². The van der Waals surface area contributed by atoms with Crippen LogP contribution in [0.25, 0.3) is 0 Å². The summed E-state index contributed by atoms with van der Waals surface area (Å²) in [6, 6.07) is 0. The van der Waals surface area contributed by atoms with Gasteiger partial charge in [-0.2, -0.15) is 0 Å². The summed E-state index contributed by atoms with van der Waals surface area (Å²) in [6.07, 6.45) is 4.69. The van der Waals surface area contributed by atoms with Gasteiger partial charge < -0.3 is 0 Å². The van der Waals surface area contributed by atoms with Crippen molar-refractivity contribution < 1.29 is 4.79 Å². The highest BCUT2D eigenvalue weighted by Gasteiger charge is 2.53. The molecule has 3 saturated carbocycles. The van der Waals surface area contributed by atoms with Gasteiger partial charge in [0.1, 0.15) is 5.78 Å². The Kier molecular flexibility index (Phi) is 1.39. The molecule has 0 heterocycles. The van der Waals surface area contributed by atoms with E-state index in [1.807, 2.05) is 0 Å². The molecule has 0 aromatic rings. The molecule has 0 unspecified atom stereocenters. The summed E-state index contributed by atoms with van der Waals surface area (Å²) in [5, 5.41) is 0.175. The third-order valence-electron chi connectivity index (χ3n) is 4.03. The lowest BCUT2D eigenvalue weighted by Crippen LogP contribution is -2.32. The first kappa shape index (κ1) is 7.37. The first-order valence-electron chi connectivity index (χ1n) is 4.93. The van der Waals surface area contributed by atoms with Gasteiger partial charge >= 0.3 is 0 Å². The summed E-state index contributed by atoms with van der Waals surface area (Å²) in [5.41, 5.74) is 0. The minimum absolute atomic E-state index is 0.175. The second-order valence-electron chi connectivity index (χ2n) is 4.71. The Morgan fingerprint density at radius 1 is 1.17 bits per heavy atom. The van der Waals surface area contributed by atoms with Crippen molar-refractivity contribution in [3.63, 3.8) is 0 Å². The van der Waals surface area contributed by atoms with Gasteiger partial charge in [-0.15, -0.1) is 11.6 Å². The molecule has 5 atom stereocenters. The van der Waals surface area contributed by atoms with Crippen LogP contribution in [0.1, 0.15) is 25.7 Å². The summed E-state index contributed by atoms with van der Waals surface area (Å²) in [4.78, 5) is 11.8. The fourth-order valence-corrected chi connectivity index (χ4v) is 4.23. The molecule has 0 aliphatic heterocycles. The average molecular weight is 185 g/mol. The highest BCUT2D eigenvalue weighted by molar-refractivity contribution is 6.22. The van der Waals surface area contributed by atoms with Crippen LogP contribution < -0.4 is 0 Å². The molecule has 1 nitrogen and oxygen atoms in total. The molecule has 0 aromatic heterocycles. The molecule has 3 fully saturated rings. The Morgan fingerprint density at radius 3 is 2.83 bits per heavy atom. The van der Waals surface area contributed by atoms with E-state index in [2.05, 4.69) is 0 Å². The smallest absolute Gasteiger partial charge is 0.140 e. The molecule has 0 aromatic carbocycles. The first-order valence-corrected chi connectivity index (χ1v) is 5.37. The normalized spacial score (nSPS) is 56.4. The van der Waals surface area contributed by atoms with E-state index >= 15 is 0 Å². The molecular weight excluding hydrogens is 172 g/mol. The van der Waals surface area contributed by atoms with Crippen LogP contribution in [0.5, 0.6) is 0 Å². The minimum Gasteiger partial charge on any atom is -0.299 e. The van der Waals surface area contributed by atoms with E-state index in [0.29, 0.717) is 17.6 Å². The number of hydrogen-bond donors (Lipinski definition) is 0. The van der Waals surface area contributed by atoms with Crippen molar-refractivity contribution in [2.24, 2.45) is 23.7 Å². The fraction of sp³-hybridized carbons (Fsp3) is 0.900. The van der Waals surface area contributed by atoms with Gasteiger partial charge in [0.15, 0.2) is 0 Å². The van der Waals surface area contributed by atoms with Crippen LogP contribution in [-0.2, 0) is 4.79 Å². The minimum atomic E-state index is 0.175. The van der Waals surface area contributed by atoms with Crippen molar-refractivity contribution in [1.29, 1.82) is 0 Å². The van der Waals surface area contributed by atoms with Gasteiger partial charge in [-0.3, -0.25) is 4.79 Å². The van der Waals surface area contributed by atoms with Crippen LogP contribution in [-0.4, -0.2) is 11.2 Å². The van der Waals surface area contributed by atoms with Crippen LogP contribution in [0.15, 0.2) is 0 Å². The van der Waals surface area contributed by atoms with Crippen LogP contribution >= 0.6 is 11.6 Å². The van der Waals surface area contributed by atoms with Crippen LogP contribution in [0, 0.1) is 23.7 Å². The maximum Gasteiger partial charge on any atom is 0.140 e. The summed E-state index contributed by atoms with van der Waals surface area (Å²) in [7, 11) is 0. The highest BCUT2D eigenvalue weighted by atomic mass is 35.5. The van der Waals surface area contributed by atoms with E-state index in [9.17, 15) is 4.79 Å².